The van der Waals surface area contributed by atoms with Crippen molar-refractivity contribution in [3.05, 3.63) is 223 Å². The third-order valence-corrected chi connectivity index (χ3v) is 11.6. The molecule has 3 heterocycles. The van der Waals surface area contributed by atoms with Crippen LogP contribution in [-0.2, 0) is 6.42 Å². The van der Waals surface area contributed by atoms with E-state index in [9.17, 15) is 0 Å². The number of rotatable bonds is 6. The summed E-state index contributed by atoms with van der Waals surface area (Å²) < 4.78 is 2.33. The van der Waals surface area contributed by atoms with Gasteiger partial charge in [0, 0.05) is 34.3 Å². The Bertz CT molecular complexity index is 3030. The molecule has 0 bridgehead atoms. The Hall–Kier alpha value is -7.36. The van der Waals surface area contributed by atoms with Gasteiger partial charge >= 0.3 is 0 Å². The largest absolute Gasteiger partial charge is 0.308 e. The van der Waals surface area contributed by atoms with Gasteiger partial charge in [0.25, 0.3) is 0 Å². The van der Waals surface area contributed by atoms with Crippen LogP contribution < -0.4 is 0 Å². The summed E-state index contributed by atoms with van der Waals surface area (Å²) in [5.41, 5.74) is 20.0. The van der Waals surface area contributed by atoms with E-state index in [1.54, 1.807) is 0 Å². The Morgan fingerprint density at radius 3 is 1.96 bits per heavy atom. The maximum Gasteiger partial charge on any atom is 0.0963 e. The molecule has 3 aromatic heterocycles. The summed E-state index contributed by atoms with van der Waals surface area (Å²) in [6.07, 6.45) is 2.83. The molecular weight excluding hydrogens is 691 g/mol. The van der Waals surface area contributed by atoms with Crippen molar-refractivity contribution in [3.63, 3.8) is 0 Å². The molecule has 0 saturated heterocycles. The average Bonchev–Trinajstić information content (AvgIpc) is 3.63. The minimum absolute atomic E-state index is 0.172. The number of para-hydroxylation sites is 1. The van der Waals surface area contributed by atoms with E-state index in [1.165, 1.54) is 44.5 Å². The molecule has 3 nitrogen and oxygen atoms in total. The van der Waals surface area contributed by atoms with E-state index in [4.69, 9.17) is 9.97 Å². The Morgan fingerprint density at radius 2 is 1.14 bits per heavy atom. The molecule has 1 atom stereocenters. The van der Waals surface area contributed by atoms with Gasteiger partial charge in [0.2, 0.25) is 0 Å². The summed E-state index contributed by atoms with van der Waals surface area (Å²) in [4.78, 5) is 10.2. The molecule has 1 aliphatic rings. The molecule has 0 amide bonds. The van der Waals surface area contributed by atoms with Crippen molar-refractivity contribution in [1.82, 2.24) is 14.5 Å². The standard InChI is InChI=1S/C54H37N3/c1-4-15-36(16-5-1)42-34-49(37-17-6-2-7-18-37)56-50(35-42)41-21-12-20-38(31-41)47-32-39-19-10-11-24-44(39)53-45(25-13-26-46(47)53)40-28-29-51-48(33-40)54-52(27-14-30-55-54)57(51)43-22-8-3-9-23-43/h1-31,33-35,47H,32H2. The van der Waals surface area contributed by atoms with Gasteiger partial charge in [-0.3, -0.25) is 4.98 Å². The number of hydrogen-bond acceptors (Lipinski definition) is 2. The number of nitrogens with zero attached hydrogens (tertiary/aromatic N) is 3. The normalized spacial score (nSPS) is 13.4. The molecule has 0 N–H and O–H groups in total. The first-order chi connectivity index (χ1) is 28.3. The molecule has 0 aliphatic heterocycles. The first kappa shape index (κ1) is 33.0. The van der Waals surface area contributed by atoms with Gasteiger partial charge in [-0.25, -0.2) is 4.98 Å². The van der Waals surface area contributed by atoms with Gasteiger partial charge in [0.05, 0.1) is 27.9 Å². The van der Waals surface area contributed by atoms with Gasteiger partial charge in [-0.1, -0.05) is 146 Å². The van der Waals surface area contributed by atoms with E-state index in [2.05, 4.69) is 199 Å². The predicted molar refractivity (Wildman–Crippen MR) is 236 cm³/mol. The van der Waals surface area contributed by atoms with E-state index in [0.717, 1.165) is 62.1 Å². The summed E-state index contributed by atoms with van der Waals surface area (Å²) in [5, 5.41) is 1.15. The zero-order chi connectivity index (χ0) is 37.7. The van der Waals surface area contributed by atoms with Gasteiger partial charge < -0.3 is 4.57 Å². The summed E-state index contributed by atoms with van der Waals surface area (Å²) in [6.45, 7) is 0. The first-order valence-electron chi connectivity index (χ1n) is 19.7. The van der Waals surface area contributed by atoms with Gasteiger partial charge in [0.15, 0.2) is 0 Å². The smallest absolute Gasteiger partial charge is 0.0963 e. The maximum absolute atomic E-state index is 5.28. The minimum Gasteiger partial charge on any atom is -0.308 e. The fourth-order valence-corrected chi connectivity index (χ4v) is 8.98. The molecule has 1 unspecified atom stereocenters. The van der Waals surface area contributed by atoms with Crippen molar-refractivity contribution in [1.29, 1.82) is 0 Å². The van der Waals surface area contributed by atoms with Crippen LogP contribution in [-0.4, -0.2) is 14.5 Å². The molecule has 0 fully saturated rings. The van der Waals surface area contributed by atoms with Crippen LogP contribution in [0.4, 0.5) is 0 Å². The third-order valence-electron chi connectivity index (χ3n) is 11.6. The SMILES string of the molecule is c1ccc(-c2cc(-c3ccccc3)nc(-c3cccc(C4Cc5ccccc5-c5c(-c6ccc7c(c6)c6ncccc6n7-c6ccccc6)cccc54)c3)c2)cc1. The lowest BCUT2D eigenvalue weighted by Gasteiger charge is -2.30. The van der Waals surface area contributed by atoms with E-state index in [0.29, 0.717) is 0 Å². The Morgan fingerprint density at radius 1 is 0.456 bits per heavy atom. The highest BCUT2D eigenvalue weighted by atomic mass is 15.0. The van der Waals surface area contributed by atoms with Crippen molar-refractivity contribution in [2.24, 2.45) is 0 Å². The Labute approximate surface area is 332 Å². The lowest BCUT2D eigenvalue weighted by Crippen LogP contribution is -2.13. The Kier molecular flexibility index (Phi) is 7.96. The van der Waals surface area contributed by atoms with Crippen LogP contribution in [0.25, 0.3) is 83.5 Å². The second-order valence-electron chi connectivity index (χ2n) is 14.9. The Balaban J connectivity index is 1.06. The van der Waals surface area contributed by atoms with Gasteiger partial charge in [0.1, 0.15) is 0 Å². The molecule has 7 aromatic carbocycles. The van der Waals surface area contributed by atoms with Crippen molar-refractivity contribution in [2.75, 3.05) is 0 Å². The van der Waals surface area contributed by atoms with Gasteiger partial charge in [-0.15, -0.1) is 0 Å². The zero-order valence-corrected chi connectivity index (χ0v) is 31.3. The molecule has 0 spiro atoms. The summed E-state index contributed by atoms with van der Waals surface area (Å²) >= 11 is 0. The molecule has 268 valence electrons. The minimum atomic E-state index is 0.172. The summed E-state index contributed by atoms with van der Waals surface area (Å²) in [5.74, 6) is 0.172. The van der Waals surface area contributed by atoms with Gasteiger partial charge in [-0.05, 0) is 111 Å². The van der Waals surface area contributed by atoms with Gasteiger partial charge in [-0.2, -0.15) is 0 Å². The van der Waals surface area contributed by atoms with E-state index in [-0.39, 0.29) is 5.92 Å². The number of benzene rings is 7. The van der Waals surface area contributed by atoms with Crippen LogP contribution in [0.1, 0.15) is 22.6 Å². The monoisotopic (exact) mass is 727 g/mol. The van der Waals surface area contributed by atoms with Crippen molar-refractivity contribution >= 4 is 21.9 Å². The van der Waals surface area contributed by atoms with Crippen molar-refractivity contribution in [3.8, 4) is 61.6 Å². The summed E-state index contributed by atoms with van der Waals surface area (Å²) in [7, 11) is 0. The van der Waals surface area contributed by atoms with Crippen LogP contribution in [0, 0.1) is 0 Å². The fraction of sp³-hybridized carbons (Fsp3) is 0.0370. The fourth-order valence-electron chi connectivity index (χ4n) is 8.98. The van der Waals surface area contributed by atoms with Crippen LogP contribution in [0.5, 0.6) is 0 Å². The highest BCUT2D eigenvalue weighted by molar-refractivity contribution is 6.09. The third kappa shape index (κ3) is 5.75. The molecule has 0 radical (unpaired) electrons. The van der Waals surface area contributed by atoms with Crippen LogP contribution >= 0.6 is 0 Å². The molecular formula is C54H37N3. The molecule has 0 saturated carbocycles. The lowest BCUT2D eigenvalue weighted by molar-refractivity contribution is 0.794. The van der Waals surface area contributed by atoms with Crippen molar-refractivity contribution < 1.29 is 0 Å². The van der Waals surface area contributed by atoms with Crippen molar-refractivity contribution in [2.45, 2.75) is 12.3 Å². The first-order valence-corrected chi connectivity index (χ1v) is 19.7. The number of hydrogen-bond donors (Lipinski definition) is 0. The maximum atomic E-state index is 5.28. The summed E-state index contributed by atoms with van der Waals surface area (Å²) in [6, 6.07) is 72.2. The van der Waals surface area contributed by atoms with E-state index in [1.807, 2.05) is 12.3 Å². The lowest BCUT2D eigenvalue weighted by atomic mass is 9.73. The van der Waals surface area contributed by atoms with E-state index < -0.39 is 0 Å². The highest BCUT2D eigenvalue weighted by Gasteiger charge is 2.29. The topological polar surface area (TPSA) is 30.7 Å². The van der Waals surface area contributed by atoms with E-state index >= 15 is 0 Å². The molecule has 57 heavy (non-hydrogen) atoms. The van der Waals surface area contributed by atoms with Crippen LogP contribution in [0.15, 0.2) is 206 Å². The second-order valence-corrected chi connectivity index (χ2v) is 14.9. The number of fused-ring (bicyclic) bond motifs is 6. The molecule has 1 aliphatic carbocycles. The predicted octanol–water partition coefficient (Wildman–Crippen LogP) is 13.6. The molecule has 3 heteroatoms. The second kappa shape index (κ2) is 13.7. The quantitative estimate of drug-likeness (QED) is 0.171. The molecule has 11 rings (SSSR count). The number of aromatic nitrogens is 3. The van der Waals surface area contributed by atoms with Crippen LogP contribution in [0.3, 0.4) is 0 Å². The van der Waals surface area contributed by atoms with Crippen LogP contribution in [0.2, 0.25) is 0 Å². The number of pyridine rings is 2. The average molecular weight is 728 g/mol. The zero-order valence-electron chi connectivity index (χ0n) is 31.3. The molecule has 10 aromatic rings. The highest BCUT2D eigenvalue weighted by Crippen LogP contribution is 2.48.